The van der Waals surface area contributed by atoms with Gasteiger partial charge in [-0.1, -0.05) is 0 Å². The van der Waals surface area contributed by atoms with Crippen molar-refractivity contribution in [3.05, 3.63) is 0 Å². The summed E-state index contributed by atoms with van der Waals surface area (Å²) in [6.45, 7) is 4.97. The maximum absolute atomic E-state index is 11.9. The van der Waals surface area contributed by atoms with Crippen molar-refractivity contribution in [2.45, 2.75) is 44.7 Å². The Hall–Kier alpha value is -0.650. The molecule has 1 fully saturated rings. The van der Waals surface area contributed by atoms with Crippen molar-refractivity contribution in [1.29, 1.82) is 0 Å². The number of ether oxygens (including phenoxy) is 2. The largest absolute Gasteiger partial charge is 0.465 e. The van der Waals surface area contributed by atoms with Crippen molar-refractivity contribution in [1.82, 2.24) is 10.2 Å². The van der Waals surface area contributed by atoms with Crippen LogP contribution >= 0.6 is 0 Å². The summed E-state index contributed by atoms with van der Waals surface area (Å²) in [5.41, 5.74) is 0. The van der Waals surface area contributed by atoms with Gasteiger partial charge >= 0.3 is 5.97 Å². The van der Waals surface area contributed by atoms with Crippen LogP contribution in [0.1, 0.15) is 32.6 Å². The highest BCUT2D eigenvalue weighted by Crippen LogP contribution is 2.20. The van der Waals surface area contributed by atoms with Crippen LogP contribution in [-0.2, 0) is 14.3 Å². The third kappa shape index (κ3) is 7.50. The number of carbonyl (C=O) groups is 1. The van der Waals surface area contributed by atoms with Gasteiger partial charge in [0.1, 0.15) is 6.04 Å². The average molecular weight is 272 g/mol. The Labute approximate surface area is 116 Å². The van der Waals surface area contributed by atoms with Gasteiger partial charge in [-0.3, -0.25) is 4.79 Å². The molecule has 0 aromatic rings. The fourth-order valence-electron chi connectivity index (χ4n) is 1.99. The SMILES string of the molecule is CCOC(=O)C(CCN(C)CCCOC)NC1CC1. The molecule has 0 saturated heterocycles. The fraction of sp³-hybridized carbons (Fsp3) is 0.929. The molecule has 19 heavy (non-hydrogen) atoms. The molecule has 112 valence electrons. The summed E-state index contributed by atoms with van der Waals surface area (Å²) in [7, 11) is 3.80. The molecule has 0 radical (unpaired) electrons. The van der Waals surface area contributed by atoms with E-state index in [4.69, 9.17) is 9.47 Å². The van der Waals surface area contributed by atoms with Gasteiger partial charge in [-0.05, 0) is 46.2 Å². The number of carbonyl (C=O) groups excluding carboxylic acids is 1. The van der Waals surface area contributed by atoms with E-state index in [9.17, 15) is 4.79 Å². The molecule has 0 heterocycles. The predicted octanol–water partition coefficient (Wildman–Crippen LogP) is 1.03. The number of rotatable bonds is 11. The Bertz CT molecular complexity index is 257. The van der Waals surface area contributed by atoms with Crippen LogP contribution in [0.25, 0.3) is 0 Å². The molecule has 1 N–H and O–H groups in total. The van der Waals surface area contributed by atoms with Crippen molar-refractivity contribution in [2.75, 3.05) is 40.5 Å². The Balaban J connectivity index is 2.24. The molecular formula is C14H28N2O3. The molecule has 1 aliphatic rings. The summed E-state index contributed by atoms with van der Waals surface area (Å²) in [5, 5.41) is 3.37. The Morgan fingerprint density at radius 3 is 2.74 bits per heavy atom. The molecular weight excluding hydrogens is 244 g/mol. The quantitative estimate of drug-likeness (QED) is 0.450. The highest BCUT2D eigenvalue weighted by atomic mass is 16.5. The van der Waals surface area contributed by atoms with Gasteiger partial charge in [0.2, 0.25) is 0 Å². The summed E-state index contributed by atoms with van der Waals surface area (Å²) < 4.78 is 10.2. The van der Waals surface area contributed by atoms with Crippen molar-refractivity contribution in [3.8, 4) is 0 Å². The maximum Gasteiger partial charge on any atom is 0.323 e. The highest BCUT2D eigenvalue weighted by Gasteiger charge is 2.29. The first-order valence-corrected chi connectivity index (χ1v) is 7.27. The lowest BCUT2D eigenvalue weighted by Crippen LogP contribution is -2.41. The third-order valence-corrected chi connectivity index (χ3v) is 3.27. The Morgan fingerprint density at radius 1 is 1.42 bits per heavy atom. The van der Waals surface area contributed by atoms with E-state index >= 15 is 0 Å². The molecule has 5 heteroatoms. The molecule has 5 nitrogen and oxygen atoms in total. The zero-order chi connectivity index (χ0) is 14.1. The van der Waals surface area contributed by atoms with E-state index in [-0.39, 0.29) is 12.0 Å². The first-order valence-electron chi connectivity index (χ1n) is 7.27. The average Bonchev–Trinajstić information content (AvgIpc) is 3.19. The highest BCUT2D eigenvalue weighted by molar-refractivity contribution is 5.75. The molecule has 0 aromatic carbocycles. The number of nitrogens with one attached hydrogen (secondary N) is 1. The molecule has 0 spiro atoms. The molecule has 1 saturated carbocycles. The van der Waals surface area contributed by atoms with Crippen molar-refractivity contribution < 1.29 is 14.3 Å². The third-order valence-electron chi connectivity index (χ3n) is 3.27. The van der Waals surface area contributed by atoms with Crippen LogP contribution in [-0.4, -0.2) is 63.4 Å². The van der Waals surface area contributed by atoms with E-state index in [1.54, 1.807) is 7.11 Å². The smallest absolute Gasteiger partial charge is 0.323 e. The lowest BCUT2D eigenvalue weighted by molar-refractivity contribution is -0.146. The number of nitrogens with zero attached hydrogens (tertiary/aromatic N) is 1. The second kappa shape index (κ2) is 9.28. The van der Waals surface area contributed by atoms with Crippen LogP contribution in [0, 0.1) is 0 Å². The predicted molar refractivity (Wildman–Crippen MR) is 75.2 cm³/mol. The van der Waals surface area contributed by atoms with E-state index in [2.05, 4.69) is 17.3 Å². The number of hydrogen-bond acceptors (Lipinski definition) is 5. The molecule has 0 aromatic heterocycles. The van der Waals surface area contributed by atoms with Crippen molar-refractivity contribution in [3.63, 3.8) is 0 Å². The van der Waals surface area contributed by atoms with Crippen LogP contribution in [0.15, 0.2) is 0 Å². The first-order chi connectivity index (χ1) is 9.17. The van der Waals surface area contributed by atoms with Crippen molar-refractivity contribution >= 4 is 5.97 Å². The van der Waals surface area contributed by atoms with E-state index in [1.807, 2.05) is 6.92 Å². The van der Waals surface area contributed by atoms with Crippen LogP contribution in [0.3, 0.4) is 0 Å². The summed E-state index contributed by atoms with van der Waals surface area (Å²) in [5.74, 6) is -0.111. The second-order valence-electron chi connectivity index (χ2n) is 5.18. The van der Waals surface area contributed by atoms with Crippen LogP contribution < -0.4 is 5.32 Å². The van der Waals surface area contributed by atoms with E-state index < -0.39 is 0 Å². The van der Waals surface area contributed by atoms with Gasteiger partial charge in [0.25, 0.3) is 0 Å². The number of hydrogen-bond donors (Lipinski definition) is 1. The molecule has 1 aliphatic carbocycles. The standard InChI is InChI=1S/C14H28N2O3/c1-4-19-14(17)13(15-12-6-7-12)8-10-16(2)9-5-11-18-3/h12-13,15H,4-11H2,1-3H3. The normalized spacial score (nSPS) is 16.6. The summed E-state index contributed by atoms with van der Waals surface area (Å²) in [6, 6.07) is 0.366. The molecule has 1 atom stereocenters. The lowest BCUT2D eigenvalue weighted by atomic mass is 10.2. The van der Waals surface area contributed by atoms with E-state index in [0.717, 1.165) is 32.5 Å². The van der Waals surface area contributed by atoms with Crippen LogP contribution in [0.4, 0.5) is 0 Å². The van der Waals surface area contributed by atoms with Crippen molar-refractivity contribution in [2.24, 2.45) is 0 Å². The van der Waals surface area contributed by atoms with Gasteiger partial charge in [-0.15, -0.1) is 0 Å². The summed E-state index contributed by atoms with van der Waals surface area (Å²) in [4.78, 5) is 14.1. The topological polar surface area (TPSA) is 50.8 Å². The van der Waals surface area contributed by atoms with Crippen LogP contribution in [0.2, 0.25) is 0 Å². The molecule has 1 rings (SSSR count). The number of esters is 1. The number of methoxy groups -OCH3 is 1. The zero-order valence-electron chi connectivity index (χ0n) is 12.5. The Kier molecular flexibility index (Phi) is 8.02. The monoisotopic (exact) mass is 272 g/mol. The summed E-state index contributed by atoms with van der Waals surface area (Å²) in [6.07, 6.45) is 4.19. The zero-order valence-corrected chi connectivity index (χ0v) is 12.5. The second-order valence-corrected chi connectivity index (χ2v) is 5.18. The fourth-order valence-corrected chi connectivity index (χ4v) is 1.99. The van der Waals surface area contributed by atoms with Gasteiger partial charge in [0, 0.05) is 26.3 Å². The molecule has 0 amide bonds. The minimum Gasteiger partial charge on any atom is -0.465 e. The van der Waals surface area contributed by atoms with Gasteiger partial charge in [-0.25, -0.2) is 0 Å². The first kappa shape index (κ1) is 16.4. The minimum absolute atomic E-state index is 0.111. The maximum atomic E-state index is 11.9. The van der Waals surface area contributed by atoms with E-state index in [1.165, 1.54) is 12.8 Å². The van der Waals surface area contributed by atoms with E-state index in [0.29, 0.717) is 12.6 Å². The van der Waals surface area contributed by atoms with Gasteiger partial charge in [0.15, 0.2) is 0 Å². The lowest BCUT2D eigenvalue weighted by Gasteiger charge is -2.21. The Morgan fingerprint density at radius 2 is 2.16 bits per heavy atom. The van der Waals surface area contributed by atoms with Gasteiger partial charge in [0.05, 0.1) is 6.61 Å². The van der Waals surface area contributed by atoms with Gasteiger partial charge < -0.3 is 19.7 Å². The minimum atomic E-state index is -0.155. The molecule has 0 aliphatic heterocycles. The van der Waals surface area contributed by atoms with Crippen LogP contribution in [0.5, 0.6) is 0 Å². The summed E-state index contributed by atoms with van der Waals surface area (Å²) >= 11 is 0. The van der Waals surface area contributed by atoms with Gasteiger partial charge in [-0.2, -0.15) is 0 Å². The molecule has 0 bridgehead atoms. The molecule has 1 unspecified atom stereocenters.